The predicted molar refractivity (Wildman–Crippen MR) is 66.4 cm³/mol. The number of rotatable bonds is 3. The molecule has 0 aromatic heterocycles. The van der Waals surface area contributed by atoms with E-state index in [-0.39, 0.29) is 5.91 Å². The number of carbonyl (C=O) groups is 1. The molecular weight excluding hydrogens is 202 g/mol. The van der Waals surface area contributed by atoms with Gasteiger partial charge < -0.3 is 4.98 Å². The maximum absolute atomic E-state index is 11.6. The van der Waals surface area contributed by atoms with E-state index in [1.165, 1.54) is 5.56 Å². The Kier molecular flexibility index (Phi) is 3.69. The molecule has 1 aromatic rings. The van der Waals surface area contributed by atoms with Crippen LogP contribution in [-0.2, 0) is 11.2 Å². The smallest absolute Gasteiger partial charge is 0.216 e. The fraction of sp³-hybridized carbons (Fsp3) is 0.417. The van der Waals surface area contributed by atoms with Crippen LogP contribution in [0.4, 0.5) is 0 Å². The van der Waals surface area contributed by atoms with Crippen LogP contribution in [0.3, 0.4) is 0 Å². The van der Waals surface area contributed by atoms with Crippen LogP contribution < -0.4 is 4.98 Å². The first-order valence-electron chi connectivity index (χ1n) is 5.23. The highest BCUT2D eigenvalue weighted by atomic mass is 28.3. The topological polar surface area (TPSA) is 29.1 Å². The first kappa shape index (κ1) is 12.0. The van der Waals surface area contributed by atoms with Crippen molar-refractivity contribution in [2.24, 2.45) is 0 Å². The van der Waals surface area contributed by atoms with Crippen molar-refractivity contribution >= 4 is 14.1 Å². The Labute approximate surface area is 92.8 Å². The number of carbonyl (C=O) groups excluding carboxylic acids is 1. The standard InChI is InChI=1S/C12H19NOSi/c1-10-5-7-11(8-6-10)9-12(14)13-15(2,3)4/h5-8H,9H2,1-4H3,(H,13,14). The molecule has 1 amide bonds. The van der Waals surface area contributed by atoms with Crippen LogP contribution in [0, 0.1) is 6.92 Å². The van der Waals surface area contributed by atoms with Crippen molar-refractivity contribution in [3.63, 3.8) is 0 Å². The van der Waals surface area contributed by atoms with Gasteiger partial charge in [0, 0.05) is 0 Å². The van der Waals surface area contributed by atoms with E-state index in [0.717, 1.165) is 5.56 Å². The lowest BCUT2D eigenvalue weighted by Gasteiger charge is -2.17. The first-order valence-corrected chi connectivity index (χ1v) is 8.73. The van der Waals surface area contributed by atoms with Crippen molar-refractivity contribution in [1.82, 2.24) is 4.98 Å². The maximum atomic E-state index is 11.6. The Morgan fingerprint density at radius 1 is 1.20 bits per heavy atom. The second-order valence-electron chi connectivity index (χ2n) is 4.96. The summed E-state index contributed by atoms with van der Waals surface area (Å²) in [5.41, 5.74) is 2.31. The van der Waals surface area contributed by atoms with Crippen LogP contribution in [0.25, 0.3) is 0 Å². The minimum atomic E-state index is -1.48. The molecule has 2 nitrogen and oxygen atoms in total. The number of hydrogen-bond donors (Lipinski definition) is 1. The van der Waals surface area contributed by atoms with E-state index in [0.29, 0.717) is 6.42 Å². The minimum absolute atomic E-state index is 0.137. The van der Waals surface area contributed by atoms with Crippen LogP contribution in [0.1, 0.15) is 11.1 Å². The molecule has 15 heavy (non-hydrogen) atoms. The Hall–Kier alpha value is -1.09. The fourth-order valence-corrected chi connectivity index (χ4v) is 2.28. The van der Waals surface area contributed by atoms with E-state index in [9.17, 15) is 4.79 Å². The number of hydrogen-bond acceptors (Lipinski definition) is 1. The lowest BCUT2D eigenvalue weighted by molar-refractivity contribution is -0.118. The van der Waals surface area contributed by atoms with Gasteiger partial charge >= 0.3 is 0 Å². The van der Waals surface area contributed by atoms with Crippen molar-refractivity contribution in [2.45, 2.75) is 33.0 Å². The van der Waals surface area contributed by atoms with Crippen molar-refractivity contribution in [2.75, 3.05) is 0 Å². The molecule has 1 rings (SSSR count). The number of benzene rings is 1. The molecule has 0 unspecified atom stereocenters. The van der Waals surface area contributed by atoms with Gasteiger partial charge in [-0.05, 0) is 12.5 Å². The molecule has 0 bridgehead atoms. The van der Waals surface area contributed by atoms with Gasteiger partial charge in [-0.15, -0.1) is 0 Å². The van der Waals surface area contributed by atoms with E-state index >= 15 is 0 Å². The van der Waals surface area contributed by atoms with Crippen molar-refractivity contribution in [3.05, 3.63) is 35.4 Å². The molecule has 1 N–H and O–H groups in total. The second-order valence-corrected chi connectivity index (χ2v) is 9.71. The summed E-state index contributed by atoms with van der Waals surface area (Å²) < 4.78 is 0. The SMILES string of the molecule is Cc1ccc(CC(=O)N[Si](C)(C)C)cc1. The lowest BCUT2D eigenvalue weighted by atomic mass is 10.1. The molecule has 0 spiro atoms. The number of amides is 1. The third-order valence-electron chi connectivity index (χ3n) is 2.00. The van der Waals surface area contributed by atoms with Gasteiger partial charge in [0.05, 0.1) is 6.42 Å². The normalized spacial score (nSPS) is 11.2. The molecule has 3 heteroatoms. The molecule has 82 valence electrons. The van der Waals surface area contributed by atoms with Gasteiger partial charge in [0.15, 0.2) is 0 Å². The summed E-state index contributed by atoms with van der Waals surface area (Å²) in [4.78, 5) is 14.7. The van der Waals surface area contributed by atoms with E-state index < -0.39 is 8.24 Å². The van der Waals surface area contributed by atoms with Crippen molar-refractivity contribution in [1.29, 1.82) is 0 Å². The Bertz CT molecular complexity index is 338. The minimum Gasteiger partial charge on any atom is -0.382 e. The zero-order chi connectivity index (χ0) is 11.5. The zero-order valence-corrected chi connectivity index (χ0v) is 10.9. The van der Waals surface area contributed by atoms with Crippen molar-refractivity contribution in [3.8, 4) is 0 Å². The molecule has 1 aromatic carbocycles. The van der Waals surface area contributed by atoms with Gasteiger partial charge in [-0.25, -0.2) is 0 Å². The molecule has 0 heterocycles. The molecule has 0 saturated carbocycles. The van der Waals surface area contributed by atoms with E-state index in [4.69, 9.17) is 0 Å². The third kappa shape index (κ3) is 4.79. The largest absolute Gasteiger partial charge is 0.382 e. The number of aryl methyl sites for hydroxylation is 1. The summed E-state index contributed by atoms with van der Waals surface area (Å²) >= 11 is 0. The molecule has 0 atom stereocenters. The van der Waals surface area contributed by atoms with Crippen LogP contribution in [0.2, 0.25) is 19.6 Å². The first-order chi connectivity index (χ1) is 6.87. The second kappa shape index (κ2) is 4.62. The molecule has 0 aliphatic rings. The van der Waals surface area contributed by atoms with Crippen molar-refractivity contribution < 1.29 is 4.79 Å². The van der Waals surface area contributed by atoms with Crippen LogP contribution in [0.5, 0.6) is 0 Å². The fourth-order valence-electron chi connectivity index (χ4n) is 1.35. The molecule has 0 radical (unpaired) electrons. The van der Waals surface area contributed by atoms with E-state index in [1.54, 1.807) is 0 Å². The third-order valence-corrected chi connectivity index (χ3v) is 3.03. The predicted octanol–water partition coefficient (Wildman–Crippen LogP) is 2.49. The van der Waals surface area contributed by atoms with Crippen LogP contribution in [-0.4, -0.2) is 14.1 Å². The highest BCUT2D eigenvalue weighted by Gasteiger charge is 2.16. The zero-order valence-electron chi connectivity index (χ0n) is 9.92. The summed E-state index contributed by atoms with van der Waals surface area (Å²) in [7, 11) is -1.48. The van der Waals surface area contributed by atoms with Gasteiger partial charge in [-0.2, -0.15) is 0 Å². The van der Waals surface area contributed by atoms with Crippen LogP contribution in [0.15, 0.2) is 24.3 Å². The summed E-state index contributed by atoms with van der Waals surface area (Å²) in [6.07, 6.45) is 0.491. The van der Waals surface area contributed by atoms with E-state index in [2.05, 4.69) is 24.6 Å². The van der Waals surface area contributed by atoms with Crippen LogP contribution >= 0.6 is 0 Å². The summed E-state index contributed by atoms with van der Waals surface area (Å²) in [6, 6.07) is 8.10. The number of nitrogens with one attached hydrogen (secondary N) is 1. The average molecular weight is 221 g/mol. The van der Waals surface area contributed by atoms with Gasteiger partial charge in [0.1, 0.15) is 8.24 Å². The summed E-state index contributed by atoms with van der Waals surface area (Å²) in [5, 5.41) is 0. The summed E-state index contributed by atoms with van der Waals surface area (Å²) in [5.74, 6) is 0.137. The van der Waals surface area contributed by atoms with Gasteiger partial charge in [-0.1, -0.05) is 49.5 Å². The Balaban J connectivity index is 2.55. The van der Waals surface area contributed by atoms with Gasteiger partial charge in [0.2, 0.25) is 5.91 Å². The molecule has 0 aliphatic heterocycles. The van der Waals surface area contributed by atoms with Gasteiger partial charge in [0.25, 0.3) is 0 Å². The average Bonchev–Trinajstić information content (AvgIpc) is 2.05. The molecule has 0 fully saturated rings. The molecule has 0 aliphatic carbocycles. The Morgan fingerprint density at radius 3 is 2.20 bits per heavy atom. The van der Waals surface area contributed by atoms with E-state index in [1.807, 2.05) is 31.2 Å². The Morgan fingerprint density at radius 2 is 1.73 bits per heavy atom. The molecule has 0 saturated heterocycles. The van der Waals surface area contributed by atoms with Gasteiger partial charge in [-0.3, -0.25) is 4.79 Å². The quantitative estimate of drug-likeness (QED) is 0.781. The lowest BCUT2D eigenvalue weighted by Crippen LogP contribution is -2.45. The maximum Gasteiger partial charge on any atom is 0.216 e. The molecular formula is C12H19NOSi. The highest BCUT2D eigenvalue weighted by molar-refractivity contribution is 6.75. The highest BCUT2D eigenvalue weighted by Crippen LogP contribution is 2.04. The monoisotopic (exact) mass is 221 g/mol. The summed E-state index contributed by atoms with van der Waals surface area (Å²) in [6.45, 7) is 8.42.